The second-order valence-corrected chi connectivity index (χ2v) is 7.90. The molecule has 0 spiro atoms. The minimum absolute atomic E-state index is 0.507. The third-order valence-corrected chi connectivity index (χ3v) is 5.71. The van der Waals surface area contributed by atoms with Gasteiger partial charge in [-0.1, -0.05) is 36.0 Å². The van der Waals surface area contributed by atoms with Gasteiger partial charge in [0.1, 0.15) is 5.75 Å². The lowest BCUT2D eigenvalue weighted by molar-refractivity contribution is 0.122. The minimum atomic E-state index is 0.507. The number of ether oxygens (including phenoxy) is 2. The van der Waals surface area contributed by atoms with Gasteiger partial charge in [0.25, 0.3) is 0 Å². The van der Waals surface area contributed by atoms with Crippen LogP contribution >= 0.6 is 11.8 Å². The van der Waals surface area contributed by atoms with Gasteiger partial charge >= 0.3 is 0 Å². The van der Waals surface area contributed by atoms with Crippen LogP contribution in [0.15, 0.2) is 53.7 Å². The Morgan fingerprint density at radius 1 is 1.13 bits per heavy atom. The second kappa shape index (κ2) is 9.65. The summed E-state index contributed by atoms with van der Waals surface area (Å²) in [6.45, 7) is 5.59. The Morgan fingerprint density at radius 2 is 1.97 bits per heavy atom. The van der Waals surface area contributed by atoms with E-state index in [0.717, 1.165) is 29.9 Å². The lowest BCUT2D eigenvalue weighted by atomic mass is 10.2. The van der Waals surface area contributed by atoms with E-state index in [1.807, 2.05) is 24.3 Å². The number of anilines is 1. The molecule has 2 aromatic carbocycles. The Balaban J connectivity index is 1.50. The van der Waals surface area contributed by atoms with E-state index in [2.05, 4.69) is 44.8 Å². The molecule has 0 bridgehead atoms. The molecule has 0 radical (unpaired) electrons. The van der Waals surface area contributed by atoms with Crippen molar-refractivity contribution in [2.75, 3.05) is 43.6 Å². The van der Waals surface area contributed by atoms with E-state index in [0.29, 0.717) is 36.9 Å². The van der Waals surface area contributed by atoms with Gasteiger partial charge in [0.2, 0.25) is 5.95 Å². The van der Waals surface area contributed by atoms with Gasteiger partial charge < -0.3 is 14.4 Å². The molecule has 7 nitrogen and oxygen atoms in total. The van der Waals surface area contributed by atoms with E-state index in [1.165, 1.54) is 5.56 Å². The van der Waals surface area contributed by atoms with E-state index < -0.39 is 0 Å². The van der Waals surface area contributed by atoms with Crippen LogP contribution < -0.4 is 9.64 Å². The number of hydrogen-bond donors (Lipinski definition) is 0. The van der Waals surface area contributed by atoms with E-state index in [1.54, 1.807) is 23.9 Å². The highest BCUT2D eigenvalue weighted by Gasteiger charge is 2.22. The molecule has 1 saturated heterocycles. The molecule has 0 atom stereocenters. The fraction of sp³-hybridized carbons (Fsp3) is 0.318. The van der Waals surface area contributed by atoms with Crippen molar-refractivity contribution in [3.05, 3.63) is 59.7 Å². The quantitative estimate of drug-likeness (QED) is 0.427. The van der Waals surface area contributed by atoms with Crippen molar-refractivity contribution in [3.8, 4) is 17.5 Å². The fourth-order valence-electron chi connectivity index (χ4n) is 3.30. The van der Waals surface area contributed by atoms with Gasteiger partial charge in [-0.2, -0.15) is 5.26 Å². The second-order valence-electron chi connectivity index (χ2n) is 6.84. The number of nitriles is 1. The summed E-state index contributed by atoms with van der Waals surface area (Å²) in [5.74, 6) is 2.26. The summed E-state index contributed by atoms with van der Waals surface area (Å²) in [6.07, 6.45) is 0. The third-order valence-electron chi connectivity index (χ3n) is 4.81. The van der Waals surface area contributed by atoms with Gasteiger partial charge in [0.05, 0.1) is 37.1 Å². The molecule has 4 rings (SSSR count). The Bertz CT molecular complexity index is 1040. The van der Waals surface area contributed by atoms with E-state index >= 15 is 0 Å². The summed E-state index contributed by atoms with van der Waals surface area (Å²) < 4.78 is 13.4. The molecule has 3 aromatic rings. The van der Waals surface area contributed by atoms with Crippen LogP contribution in [0, 0.1) is 18.3 Å². The maximum absolute atomic E-state index is 9.01. The summed E-state index contributed by atoms with van der Waals surface area (Å²) in [4.78, 5) is 2.22. The van der Waals surface area contributed by atoms with Gasteiger partial charge in [-0.3, -0.25) is 4.57 Å². The van der Waals surface area contributed by atoms with Crippen LogP contribution in [0.2, 0.25) is 0 Å². The van der Waals surface area contributed by atoms with Crippen molar-refractivity contribution >= 4 is 17.7 Å². The Kier molecular flexibility index (Phi) is 6.52. The molecule has 0 amide bonds. The number of aryl methyl sites for hydroxylation is 1. The molecule has 1 aromatic heterocycles. The summed E-state index contributed by atoms with van der Waals surface area (Å²) in [7, 11) is 0. The Hall–Kier alpha value is -3.02. The third kappa shape index (κ3) is 4.58. The summed E-state index contributed by atoms with van der Waals surface area (Å²) in [5, 5.41) is 18.8. The molecule has 1 fully saturated rings. The van der Waals surface area contributed by atoms with Crippen molar-refractivity contribution in [2.45, 2.75) is 12.1 Å². The zero-order chi connectivity index (χ0) is 20.8. The van der Waals surface area contributed by atoms with E-state index in [-0.39, 0.29) is 0 Å². The molecular formula is C22H23N5O2S. The van der Waals surface area contributed by atoms with Crippen LogP contribution in [-0.2, 0) is 4.74 Å². The Morgan fingerprint density at radius 3 is 2.77 bits per heavy atom. The summed E-state index contributed by atoms with van der Waals surface area (Å²) in [5.41, 5.74) is 2.84. The number of para-hydroxylation sites is 1. The largest absolute Gasteiger partial charge is 0.493 e. The fourth-order valence-corrected chi connectivity index (χ4v) is 4.05. The number of morpholine rings is 1. The first-order valence-electron chi connectivity index (χ1n) is 9.86. The van der Waals surface area contributed by atoms with Crippen LogP contribution in [0.25, 0.3) is 5.69 Å². The number of nitrogens with zero attached hydrogens (tertiary/aromatic N) is 5. The lowest BCUT2D eigenvalue weighted by Gasteiger charge is -2.28. The maximum atomic E-state index is 9.01. The number of hydrogen-bond acceptors (Lipinski definition) is 7. The van der Waals surface area contributed by atoms with Gasteiger partial charge in [-0.05, 0) is 36.8 Å². The minimum Gasteiger partial charge on any atom is -0.493 e. The first-order valence-corrected chi connectivity index (χ1v) is 10.8. The smallest absolute Gasteiger partial charge is 0.232 e. The lowest BCUT2D eigenvalue weighted by Crippen LogP contribution is -2.38. The van der Waals surface area contributed by atoms with Crippen LogP contribution in [0.3, 0.4) is 0 Å². The molecule has 8 heteroatoms. The molecule has 1 aliphatic heterocycles. The highest BCUT2D eigenvalue weighted by molar-refractivity contribution is 7.99. The van der Waals surface area contributed by atoms with Crippen LogP contribution in [0.1, 0.15) is 11.1 Å². The highest BCUT2D eigenvalue weighted by atomic mass is 32.2. The number of benzene rings is 2. The summed E-state index contributed by atoms with van der Waals surface area (Å²) >= 11 is 1.61. The van der Waals surface area contributed by atoms with Crippen LogP contribution in [0.5, 0.6) is 5.75 Å². The molecule has 0 aliphatic carbocycles. The summed E-state index contributed by atoms with van der Waals surface area (Å²) in [6, 6.07) is 17.6. The molecular weight excluding hydrogens is 398 g/mol. The number of thioether (sulfide) groups is 1. The average molecular weight is 422 g/mol. The standard InChI is InChI=1S/C22H23N5O2S/c1-17-5-2-3-8-20(17)27-21(26-9-11-28-12-10-26)24-25-22(27)30-14-13-29-19-7-4-6-18(15-19)16-23/h2-8,15H,9-14H2,1H3. The Labute approximate surface area is 180 Å². The molecule has 2 heterocycles. The molecule has 154 valence electrons. The van der Waals surface area contributed by atoms with Crippen molar-refractivity contribution in [2.24, 2.45) is 0 Å². The predicted molar refractivity (Wildman–Crippen MR) is 117 cm³/mol. The van der Waals surface area contributed by atoms with Gasteiger partial charge in [-0.15, -0.1) is 10.2 Å². The maximum Gasteiger partial charge on any atom is 0.232 e. The normalized spacial score (nSPS) is 13.8. The molecule has 30 heavy (non-hydrogen) atoms. The zero-order valence-electron chi connectivity index (χ0n) is 16.8. The SMILES string of the molecule is Cc1ccccc1-n1c(SCCOc2cccc(C#N)c2)nnc1N1CCOCC1. The topological polar surface area (TPSA) is 76.2 Å². The van der Waals surface area contributed by atoms with Crippen molar-refractivity contribution < 1.29 is 9.47 Å². The monoisotopic (exact) mass is 421 g/mol. The molecule has 1 aliphatic rings. The predicted octanol–water partition coefficient (Wildman–Crippen LogP) is 3.46. The van der Waals surface area contributed by atoms with Gasteiger partial charge in [0, 0.05) is 18.8 Å². The number of aromatic nitrogens is 3. The first kappa shape index (κ1) is 20.3. The van der Waals surface area contributed by atoms with Gasteiger partial charge in [-0.25, -0.2) is 0 Å². The number of rotatable bonds is 7. The first-order chi connectivity index (χ1) is 14.8. The van der Waals surface area contributed by atoms with Crippen molar-refractivity contribution in [1.82, 2.24) is 14.8 Å². The van der Waals surface area contributed by atoms with E-state index in [4.69, 9.17) is 14.7 Å². The van der Waals surface area contributed by atoms with Crippen LogP contribution in [0.4, 0.5) is 5.95 Å². The van der Waals surface area contributed by atoms with E-state index in [9.17, 15) is 0 Å². The average Bonchev–Trinajstić information content (AvgIpc) is 3.21. The molecule has 0 saturated carbocycles. The van der Waals surface area contributed by atoms with Crippen LogP contribution in [-0.4, -0.2) is 53.4 Å². The van der Waals surface area contributed by atoms with Gasteiger partial charge in [0.15, 0.2) is 5.16 Å². The van der Waals surface area contributed by atoms with Crippen molar-refractivity contribution in [3.63, 3.8) is 0 Å². The molecule has 0 unspecified atom stereocenters. The molecule has 0 N–H and O–H groups in total. The van der Waals surface area contributed by atoms with Crippen molar-refractivity contribution in [1.29, 1.82) is 5.26 Å². The highest BCUT2D eigenvalue weighted by Crippen LogP contribution is 2.29. The zero-order valence-corrected chi connectivity index (χ0v) is 17.6.